The number of carboxylic acid groups (broad SMARTS) is 1. The lowest BCUT2D eigenvalue weighted by Crippen LogP contribution is -2.45. The number of hydrogen-bond donors (Lipinski definition) is 2. The van der Waals surface area contributed by atoms with Crippen molar-refractivity contribution in [1.82, 2.24) is 5.32 Å². The van der Waals surface area contributed by atoms with E-state index in [1.165, 1.54) is 11.6 Å². The summed E-state index contributed by atoms with van der Waals surface area (Å²) < 4.78 is 5.52. The van der Waals surface area contributed by atoms with Gasteiger partial charge in [-0.2, -0.15) is 0 Å². The molecule has 0 atom stereocenters. The van der Waals surface area contributed by atoms with Crippen LogP contribution in [0.5, 0.6) is 0 Å². The highest BCUT2D eigenvalue weighted by molar-refractivity contribution is 5.88. The first kappa shape index (κ1) is 18.1. The van der Waals surface area contributed by atoms with Gasteiger partial charge in [0.05, 0.1) is 12.0 Å². The molecule has 0 saturated carbocycles. The Balaban J connectivity index is 1.66. The molecule has 2 aromatic rings. The highest BCUT2D eigenvalue weighted by Crippen LogP contribution is 2.34. The second-order valence-corrected chi connectivity index (χ2v) is 6.72. The van der Waals surface area contributed by atoms with Crippen molar-refractivity contribution in [3.63, 3.8) is 0 Å². The maximum atomic E-state index is 12.4. The van der Waals surface area contributed by atoms with Gasteiger partial charge in [0, 0.05) is 25.2 Å². The van der Waals surface area contributed by atoms with Crippen molar-refractivity contribution in [2.24, 2.45) is 0 Å². The van der Waals surface area contributed by atoms with Crippen LogP contribution in [-0.2, 0) is 21.4 Å². The molecule has 0 bridgehead atoms. The van der Waals surface area contributed by atoms with Gasteiger partial charge in [0.15, 0.2) is 0 Å². The van der Waals surface area contributed by atoms with Crippen molar-refractivity contribution < 1.29 is 19.4 Å². The van der Waals surface area contributed by atoms with Crippen LogP contribution in [-0.4, -0.2) is 36.7 Å². The van der Waals surface area contributed by atoms with Crippen LogP contribution in [0.4, 0.5) is 0 Å². The third kappa shape index (κ3) is 4.29. The number of aromatic carboxylic acids is 1. The lowest BCUT2D eigenvalue weighted by Gasteiger charge is -2.38. The van der Waals surface area contributed by atoms with Crippen LogP contribution in [0.25, 0.3) is 0 Å². The van der Waals surface area contributed by atoms with Gasteiger partial charge >= 0.3 is 5.97 Å². The molecule has 26 heavy (non-hydrogen) atoms. The summed E-state index contributed by atoms with van der Waals surface area (Å²) in [5.74, 6) is -1.09. The number of nitrogens with one attached hydrogen (secondary N) is 1. The number of benzene rings is 2. The lowest BCUT2D eigenvalue weighted by atomic mass is 9.74. The zero-order valence-corrected chi connectivity index (χ0v) is 14.6. The van der Waals surface area contributed by atoms with Gasteiger partial charge in [-0.25, -0.2) is 4.79 Å². The van der Waals surface area contributed by atoms with Crippen molar-refractivity contribution in [2.45, 2.75) is 24.7 Å². The van der Waals surface area contributed by atoms with Crippen molar-refractivity contribution in [3.05, 3.63) is 71.3 Å². The Labute approximate surface area is 153 Å². The second kappa shape index (κ2) is 8.15. The van der Waals surface area contributed by atoms with Crippen LogP contribution in [0.2, 0.25) is 0 Å². The molecule has 0 spiro atoms. The van der Waals surface area contributed by atoms with E-state index < -0.39 is 5.97 Å². The normalized spacial score (nSPS) is 16.0. The molecule has 1 saturated heterocycles. The molecule has 2 N–H and O–H groups in total. The predicted molar refractivity (Wildman–Crippen MR) is 98.3 cm³/mol. The van der Waals surface area contributed by atoms with Crippen LogP contribution >= 0.6 is 0 Å². The van der Waals surface area contributed by atoms with Crippen LogP contribution in [0.3, 0.4) is 0 Å². The van der Waals surface area contributed by atoms with Crippen molar-refractivity contribution in [2.75, 3.05) is 19.8 Å². The number of carbonyl (C=O) groups excluding carboxylic acids is 1. The highest BCUT2D eigenvalue weighted by atomic mass is 16.5. The smallest absolute Gasteiger partial charge is 0.335 e. The first-order chi connectivity index (χ1) is 12.6. The van der Waals surface area contributed by atoms with Gasteiger partial charge in [-0.3, -0.25) is 4.79 Å². The molecule has 136 valence electrons. The summed E-state index contributed by atoms with van der Waals surface area (Å²) in [5.41, 5.74) is 2.00. The molecular weight excluding hydrogens is 330 g/mol. The molecule has 0 aromatic heterocycles. The Morgan fingerprint density at radius 2 is 1.77 bits per heavy atom. The molecule has 0 radical (unpaired) electrons. The molecule has 2 aromatic carbocycles. The Morgan fingerprint density at radius 3 is 2.46 bits per heavy atom. The van der Waals surface area contributed by atoms with Gasteiger partial charge < -0.3 is 15.2 Å². The largest absolute Gasteiger partial charge is 0.478 e. The Kier molecular flexibility index (Phi) is 5.68. The summed E-state index contributed by atoms with van der Waals surface area (Å²) in [5, 5.41) is 12.1. The number of carbonyl (C=O) groups is 2. The third-order valence-electron chi connectivity index (χ3n) is 5.00. The minimum Gasteiger partial charge on any atom is -0.478 e. The highest BCUT2D eigenvalue weighted by Gasteiger charge is 2.34. The molecule has 0 aliphatic carbocycles. The van der Waals surface area contributed by atoms with Crippen LogP contribution < -0.4 is 5.32 Å². The fraction of sp³-hybridized carbons (Fsp3) is 0.333. The fourth-order valence-corrected chi connectivity index (χ4v) is 3.45. The van der Waals surface area contributed by atoms with E-state index >= 15 is 0 Å². The quantitative estimate of drug-likeness (QED) is 0.837. The number of carboxylic acids is 1. The first-order valence-corrected chi connectivity index (χ1v) is 8.81. The van der Waals surface area contributed by atoms with E-state index in [1.54, 1.807) is 18.2 Å². The van der Waals surface area contributed by atoms with E-state index in [9.17, 15) is 9.59 Å². The Morgan fingerprint density at radius 1 is 1.04 bits per heavy atom. The average molecular weight is 353 g/mol. The van der Waals surface area contributed by atoms with E-state index in [1.807, 2.05) is 18.2 Å². The molecule has 5 nitrogen and oxygen atoms in total. The molecule has 1 aliphatic rings. The SMILES string of the molecule is O=C(Cc1cccc(C(=O)O)c1)NCC1(c2ccccc2)CCOCC1. The minimum absolute atomic E-state index is 0.102. The molecule has 1 fully saturated rings. The standard InChI is InChI=1S/C21H23NO4/c23-19(14-16-5-4-6-17(13-16)20(24)25)22-15-21(9-11-26-12-10-21)18-7-2-1-3-8-18/h1-8,13H,9-12,14-15H2,(H,22,23)(H,24,25). The Hall–Kier alpha value is -2.66. The lowest BCUT2D eigenvalue weighted by molar-refractivity contribution is -0.121. The summed E-state index contributed by atoms with van der Waals surface area (Å²) in [6.07, 6.45) is 1.90. The average Bonchev–Trinajstić information content (AvgIpc) is 2.68. The molecule has 1 amide bonds. The summed E-state index contributed by atoms with van der Waals surface area (Å²) in [6.45, 7) is 1.93. The first-order valence-electron chi connectivity index (χ1n) is 8.81. The van der Waals surface area contributed by atoms with E-state index in [0.29, 0.717) is 25.3 Å². The van der Waals surface area contributed by atoms with Gasteiger partial charge in [0.2, 0.25) is 5.91 Å². The zero-order chi connectivity index (χ0) is 18.4. The number of amides is 1. The van der Waals surface area contributed by atoms with Gasteiger partial charge in [-0.05, 0) is 36.1 Å². The molecule has 3 rings (SSSR count). The van der Waals surface area contributed by atoms with E-state index in [4.69, 9.17) is 9.84 Å². The third-order valence-corrected chi connectivity index (χ3v) is 5.00. The second-order valence-electron chi connectivity index (χ2n) is 6.72. The van der Waals surface area contributed by atoms with Gasteiger partial charge in [-0.1, -0.05) is 42.5 Å². The maximum absolute atomic E-state index is 12.4. The van der Waals surface area contributed by atoms with Gasteiger partial charge in [-0.15, -0.1) is 0 Å². The summed E-state index contributed by atoms with van der Waals surface area (Å²) in [7, 11) is 0. The molecule has 1 heterocycles. The zero-order valence-electron chi connectivity index (χ0n) is 14.6. The van der Waals surface area contributed by atoms with Crippen LogP contribution in [0.1, 0.15) is 34.3 Å². The summed E-state index contributed by atoms with van der Waals surface area (Å²) in [6, 6.07) is 16.7. The fourth-order valence-electron chi connectivity index (χ4n) is 3.45. The van der Waals surface area contributed by atoms with E-state index in [0.717, 1.165) is 12.8 Å². The maximum Gasteiger partial charge on any atom is 0.335 e. The summed E-state index contributed by atoms with van der Waals surface area (Å²) in [4.78, 5) is 23.5. The van der Waals surface area contributed by atoms with E-state index in [2.05, 4.69) is 17.4 Å². The predicted octanol–water partition coefficient (Wildman–Crippen LogP) is 2.79. The van der Waals surface area contributed by atoms with Crippen molar-refractivity contribution >= 4 is 11.9 Å². The molecule has 5 heteroatoms. The van der Waals surface area contributed by atoms with Crippen molar-refractivity contribution in [1.29, 1.82) is 0 Å². The van der Waals surface area contributed by atoms with Gasteiger partial charge in [0.1, 0.15) is 0 Å². The van der Waals surface area contributed by atoms with Crippen LogP contribution in [0.15, 0.2) is 54.6 Å². The molecular formula is C21H23NO4. The number of rotatable bonds is 6. The van der Waals surface area contributed by atoms with Crippen LogP contribution in [0, 0.1) is 0 Å². The molecule has 1 aliphatic heterocycles. The van der Waals surface area contributed by atoms with E-state index in [-0.39, 0.29) is 23.3 Å². The number of hydrogen-bond acceptors (Lipinski definition) is 3. The van der Waals surface area contributed by atoms with Crippen molar-refractivity contribution in [3.8, 4) is 0 Å². The van der Waals surface area contributed by atoms with Gasteiger partial charge in [0.25, 0.3) is 0 Å². The Bertz CT molecular complexity index is 767. The molecule has 0 unspecified atom stereocenters. The minimum atomic E-state index is -0.988. The summed E-state index contributed by atoms with van der Waals surface area (Å²) >= 11 is 0. The number of ether oxygens (including phenoxy) is 1. The monoisotopic (exact) mass is 353 g/mol. The topological polar surface area (TPSA) is 75.6 Å².